The summed E-state index contributed by atoms with van der Waals surface area (Å²) in [6.07, 6.45) is -3.52. The van der Waals surface area contributed by atoms with E-state index in [2.05, 4.69) is 31.6 Å². The number of hydrogen-bond acceptors (Lipinski definition) is 5. The van der Waals surface area contributed by atoms with Gasteiger partial charge < -0.3 is 36.7 Å². The van der Waals surface area contributed by atoms with Crippen LogP contribution in [0.3, 0.4) is 0 Å². The summed E-state index contributed by atoms with van der Waals surface area (Å²) in [5.41, 5.74) is -1.50. The molecule has 53 heavy (non-hydrogen) atoms. The lowest BCUT2D eigenvalue weighted by molar-refractivity contribution is -0.137. The average molecular weight is 747 g/mol. The Morgan fingerprint density at radius 3 is 2.34 bits per heavy atom. The Bertz CT molecular complexity index is 1760. The molecule has 5 amide bonds. The lowest BCUT2D eigenvalue weighted by atomic mass is 9.78. The second-order valence-electron chi connectivity index (χ2n) is 13.9. The Labute approximate surface area is 306 Å². The molecular weight excluding hydrogens is 696 g/mol. The van der Waals surface area contributed by atoms with Crippen LogP contribution in [0.2, 0.25) is 0 Å². The minimum atomic E-state index is -4.64. The molecule has 0 saturated heterocycles. The van der Waals surface area contributed by atoms with Crippen molar-refractivity contribution in [2.45, 2.75) is 96.4 Å². The molecule has 1 aliphatic carbocycles. The van der Waals surface area contributed by atoms with Gasteiger partial charge in [0.2, 0.25) is 17.7 Å². The van der Waals surface area contributed by atoms with Crippen LogP contribution in [0.25, 0.3) is 10.9 Å². The van der Waals surface area contributed by atoms with E-state index < -0.39 is 64.9 Å². The zero-order valence-electron chi connectivity index (χ0n) is 30.5. The van der Waals surface area contributed by atoms with E-state index in [-0.39, 0.29) is 67.8 Å². The van der Waals surface area contributed by atoms with E-state index in [1.165, 1.54) is 24.3 Å². The zero-order valence-corrected chi connectivity index (χ0v) is 30.5. The highest BCUT2D eigenvalue weighted by atomic mass is 19.4. The quantitative estimate of drug-likeness (QED) is 0.0837. The number of carbonyl (C=O) groups excluding carboxylic acids is 4. The van der Waals surface area contributed by atoms with Gasteiger partial charge in [-0.25, -0.2) is 9.18 Å². The maximum absolute atomic E-state index is 14.6. The zero-order chi connectivity index (χ0) is 38.9. The van der Waals surface area contributed by atoms with Gasteiger partial charge in [-0.15, -0.1) is 0 Å². The van der Waals surface area contributed by atoms with E-state index >= 15 is 0 Å². The molecular formula is C38H50F4N6O5. The Morgan fingerprint density at radius 2 is 1.68 bits per heavy atom. The number of para-hydroxylation sites is 1. The van der Waals surface area contributed by atoms with E-state index in [1.807, 2.05) is 20.8 Å². The normalized spacial score (nSPS) is 17.9. The van der Waals surface area contributed by atoms with Gasteiger partial charge in [-0.2, -0.15) is 13.2 Å². The van der Waals surface area contributed by atoms with Crippen LogP contribution in [0, 0.1) is 17.7 Å². The monoisotopic (exact) mass is 746 g/mol. The van der Waals surface area contributed by atoms with E-state index in [9.17, 15) is 36.7 Å². The van der Waals surface area contributed by atoms with Crippen molar-refractivity contribution >= 4 is 34.7 Å². The van der Waals surface area contributed by atoms with Crippen molar-refractivity contribution in [1.82, 2.24) is 31.6 Å². The SMILES string of the molecule is CCC(C)[C@H](NC(=O)Cc1ccccc1F)C(=O)N[C@]1(C(=O)N[C@H](CNC(=O)NCCCO)C(C)CC)CCc2[nH]c3c(C(F)(F)F)cccc3c2C1. The van der Waals surface area contributed by atoms with Crippen LogP contribution in [0.15, 0.2) is 42.5 Å². The Balaban J connectivity index is 1.69. The molecule has 15 heteroatoms. The molecule has 0 radical (unpaired) electrons. The molecule has 3 aromatic rings. The molecule has 0 aliphatic heterocycles. The first-order valence-electron chi connectivity index (χ1n) is 18.1. The summed E-state index contributed by atoms with van der Waals surface area (Å²) in [4.78, 5) is 57.4. The fraction of sp³-hybridized carbons (Fsp3) is 0.526. The third-order valence-electron chi connectivity index (χ3n) is 10.3. The summed E-state index contributed by atoms with van der Waals surface area (Å²) in [6, 6.07) is 7.41. The maximum atomic E-state index is 14.6. The number of alkyl halides is 3. The number of urea groups is 1. The molecule has 1 aliphatic rings. The van der Waals surface area contributed by atoms with Gasteiger partial charge in [0, 0.05) is 43.2 Å². The van der Waals surface area contributed by atoms with Crippen LogP contribution in [0.1, 0.15) is 75.8 Å². The smallest absolute Gasteiger partial charge is 0.396 e. The van der Waals surface area contributed by atoms with Crippen molar-refractivity contribution in [1.29, 1.82) is 0 Å². The summed E-state index contributed by atoms with van der Waals surface area (Å²) in [6.45, 7) is 7.58. The van der Waals surface area contributed by atoms with Gasteiger partial charge in [0.25, 0.3) is 0 Å². The van der Waals surface area contributed by atoms with Crippen LogP contribution in [0.4, 0.5) is 22.4 Å². The second-order valence-corrected chi connectivity index (χ2v) is 13.9. The summed E-state index contributed by atoms with van der Waals surface area (Å²) in [5.74, 6) is -2.99. The van der Waals surface area contributed by atoms with Gasteiger partial charge in [0.05, 0.1) is 17.5 Å². The van der Waals surface area contributed by atoms with Crippen molar-refractivity contribution in [2.24, 2.45) is 11.8 Å². The molecule has 4 rings (SSSR count). The molecule has 290 valence electrons. The number of carbonyl (C=O) groups is 4. The fourth-order valence-corrected chi connectivity index (χ4v) is 6.65. The topological polar surface area (TPSA) is 164 Å². The number of aromatic nitrogens is 1. The van der Waals surface area contributed by atoms with Crippen molar-refractivity contribution < 1.29 is 41.8 Å². The van der Waals surface area contributed by atoms with Gasteiger partial charge in [-0.1, -0.05) is 70.9 Å². The van der Waals surface area contributed by atoms with Crippen molar-refractivity contribution in [3.8, 4) is 0 Å². The third-order valence-corrected chi connectivity index (χ3v) is 10.3. The first kappa shape index (κ1) is 41.1. The maximum Gasteiger partial charge on any atom is 0.418 e. The van der Waals surface area contributed by atoms with Gasteiger partial charge in [0.15, 0.2) is 0 Å². The molecule has 1 aromatic heterocycles. The summed E-state index contributed by atoms with van der Waals surface area (Å²) in [7, 11) is 0. The van der Waals surface area contributed by atoms with Crippen molar-refractivity contribution in [3.05, 3.63) is 70.7 Å². The average Bonchev–Trinajstić information content (AvgIpc) is 3.49. The van der Waals surface area contributed by atoms with E-state index in [0.717, 1.165) is 6.07 Å². The summed E-state index contributed by atoms with van der Waals surface area (Å²) >= 11 is 0. The molecule has 2 unspecified atom stereocenters. The standard InChI is InChI=1S/C38H50F4N6O5/c1-5-22(3)30(21-44-36(53)43-17-10-18-49)46-35(52)37(16-15-29-26(20-37)25-12-9-13-27(33(25)45-29)38(40,41)42)48-34(51)32(23(4)6-2)47-31(50)19-24-11-7-8-14-28(24)39/h7-9,11-14,22-23,30,32,45,49H,5-6,10,15-21H2,1-4H3,(H,46,52)(H,47,50)(H,48,51)(H2,43,44,53)/t22?,23?,30-,32+,37-/m1/s1. The molecule has 0 bridgehead atoms. The van der Waals surface area contributed by atoms with Gasteiger partial charge in [0.1, 0.15) is 17.4 Å². The number of nitrogens with one attached hydrogen (secondary N) is 6. The van der Waals surface area contributed by atoms with E-state index in [1.54, 1.807) is 19.1 Å². The predicted octanol–water partition coefficient (Wildman–Crippen LogP) is 4.66. The van der Waals surface area contributed by atoms with E-state index in [0.29, 0.717) is 30.5 Å². The number of aryl methyl sites for hydroxylation is 1. The van der Waals surface area contributed by atoms with Crippen molar-refractivity contribution in [3.63, 3.8) is 0 Å². The number of H-pyrrole nitrogens is 1. The third kappa shape index (κ3) is 10.1. The molecule has 5 atom stereocenters. The first-order valence-corrected chi connectivity index (χ1v) is 18.1. The largest absolute Gasteiger partial charge is 0.418 e. The van der Waals surface area contributed by atoms with Crippen LogP contribution in [-0.2, 0) is 39.8 Å². The number of hydrogen-bond donors (Lipinski definition) is 7. The minimum absolute atomic E-state index is 0.0183. The van der Waals surface area contributed by atoms with Gasteiger partial charge in [-0.05, 0) is 54.4 Å². The highest BCUT2D eigenvalue weighted by Gasteiger charge is 2.47. The number of benzene rings is 2. The molecule has 11 nitrogen and oxygen atoms in total. The van der Waals surface area contributed by atoms with Crippen LogP contribution >= 0.6 is 0 Å². The van der Waals surface area contributed by atoms with Gasteiger partial charge in [-0.3, -0.25) is 14.4 Å². The van der Waals surface area contributed by atoms with Gasteiger partial charge >= 0.3 is 12.2 Å². The molecule has 0 spiro atoms. The summed E-state index contributed by atoms with van der Waals surface area (Å²) in [5, 5.41) is 23.3. The predicted molar refractivity (Wildman–Crippen MR) is 192 cm³/mol. The molecule has 0 fully saturated rings. The summed E-state index contributed by atoms with van der Waals surface area (Å²) < 4.78 is 56.4. The highest BCUT2D eigenvalue weighted by molar-refractivity contribution is 5.97. The lowest BCUT2D eigenvalue weighted by Crippen LogP contribution is -2.67. The fourth-order valence-electron chi connectivity index (χ4n) is 6.65. The molecule has 2 aromatic carbocycles. The molecule has 1 heterocycles. The Kier molecular flexibility index (Phi) is 13.9. The van der Waals surface area contributed by atoms with Crippen LogP contribution in [-0.4, -0.2) is 71.2 Å². The number of fused-ring (bicyclic) bond motifs is 3. The highest BCUT2D eigenvalue weighted by Crippen LogP contribution is 2.40. The lowest BCUT2D eigenvalue weighted by Gasteiger charge is -2.40. The Morgan fingerprint density at radius 1 is 0.962 bits per heavy atom. The number of amides is 5. The minimum Gasteiger partial charge on any atom is -0.396 e. The van der Waals surface area contributed by atoms with E-state index in [4.69, 9.17) is 5.11 Å². The van der Waals surface area contributed by atoms with Crippen molar-refractivity contribution in [2.75, 3.05) is 19.7 Å². The number of rotatable bonds is 16. The van der Waals surface area contributed by atoms with Crippen LogP contribution < -0.4 is 26.6 Å². The number of aliphatic hydroxyl groups excluding tert-OH is 1. The number of halogens is 4. The molecule has 0 saturated carbocycles. The number of aliphatic hydroxyl groups is 1. The Hall–Kier alpha value is -4.66. The number of aromatic amines is 1. The van der Waals surface area contributed by atoms with Crippen LogP contribution in [0.5, 0.6) is 0 Å². The second kappa shape index (κ2) is 17.9. The molecule has 7 N–H and O–H groups in total. The first-order chi connectivity index (χ1) is 25.1.